The molecule has 0 radical (unpaired) electrons. The van der Waals surface area contributed by atoms with Crippen LogP contribution in [-0.4, -0.2) is 87.3 Å². The van der Waals surface area contributed by atoms with E-state index in [0.29, 0.717) is 73.7 Å². The molecule has 2 aliphatic carbocycles. The summed E-state index contributed by atoms with van der Waals surface area (Å²) in [6, 6.07) is 8.64. The second-order valence-electron chi connectivity index (χ2n) is 15.0. The normalized spacial score (nSPS) is 22.4. The molecular weight excluding hydrogens is 632 g/mol. The Morgan fingerprint density at radius 3 is 1.30 bits per heavy atom. The first-order chi connectivity index (χ1) is 23.9. The molecule has 0 saturated carbocycles. The number of ether oxygens (including phenoxy) is 2. The van der Waals surface area contributed by atoms with Gasteiger partial charge in [-0.3, -0.25) is 0 Å². The van der Waals surface area contributed by atoms with Crippen molar-refractivity contribution >= 4 is 11.9 Å². The first-order valence-electron chi connectivity index (χ1n) is 17.7. The van der Waals surface area contributed by atoms with Crippen LogP contribution in [0.3, 0.4) is 0 Å². The smallest absolute Gasteiger partial charge is 0.349 e. The molecule has 2 saturated heterocycles. The molecule has 12 nitrogen and oxygen atoms in total. The molecule has 0 amide bonds. The summed E-state index contributed by atoms with van der Waals surface area (Å²) in [7, 11) is 0. The number of hydrogen-bond donors (Lipinski definition) is 2. The highest BCUT2D eigenvalue weighted by molar-refractivity contribution is 5.95. The third-order valence-corrected chi connectivity index (χ3v) is 9.74. The fraction of sp³-hybridized carbons (Fsp3) is 0.632. The van der Waals surface area contributed by atoms with Crippen molar-refractivity contribution in [1.29, 1.82) is 21.0 Å². The van der Waals surface area contributed by atoms with Gasteiger partial charge in [-0.1, -0.05) is 27.7 Å². The predicted molar refractivity (Wildman–Crippen MR) is 186 cm³/mol. The quantitative estimate of drug-likeness (QED) is 0.137. The van der Waals surface area contributed by atoms with Crippen LogP contribution < -0.4 is 10.6 Å². The zero-order valence-electron chi connectivity index (χ0n) is 30.0. The van der Waals surface area contributed by atoms with Crippen LogP contribution in [0.25, 0.3) is 0 Å². The van der Waals surface area contributed by atoms with Crippen LogP contribution in [0.4, 0.5) is 0 Å². The van der Waals surface area contributed by atoms with Gasteiger partial charge in [0.25, 0.3) is 0 Å². The van der Waals surface area contributed by atoms with Crippen molar-refractivity contribution in [1.82, 2.24) is 20.4 Å². The Balaban J connectivity index is 1.30. The van der Waals surface area contributed by atoms with Gasteiger partial charge in [0.05, 0.1) is 24.4 Å². The monoisotopic (exact) mass is 682 g/mol. The van der Waals surface area contributed by atoms with Crippen molar-refractivity contribution < 1.29 is 19.1 Å². The van der Waals surface area contributed by atoms with E-state index in [0.717, 1.165) is 63.8 Å². The number of carbonyl (C=O) groups is 2. The van der Waals surface area contributed by atoms with Crippen LogP contribution in [0, 0.1) is 56.2 Å². The summed E-state index contributed by atoms with van der Waals surface area (Å²) >= 11 is 0. The first-order valence-corrected chi connectivity index (χ1v) is 17.7. The predicted octanol–water partition coefficient (Wildman–Crippen LogP) is 4.28. The van der Waals surface area contributed by atoms with Gasteiger partial charge in [-0.05, 0) is 73.3 Å². The molecule has 0 atom stereocenters. The lowest BCUT2D eigenvalue weighted by atomic mass is 9.72. The Morgan fingerprint density at radius 1 is 0.620 bits per heavy atom. The van der Waals surface area contributed by atoms with Crippen molar-refractivity contribution in [3.63, 3.8) is 0 Å². The lowest BCUT2D eigenvalue weighted by Gasteiger charge is -2.40. The lowest BCUT2D eigenvalue weighted by Crippen LogP contribution is -2.44. The number of allylic oxidation sites excluding steroid dienone is 6. The lowest BCUT2D eigenvalue weighted by molar-refractivity contribution is -0.140. The maximum Gasteiger partial charge on any atom is 0.349 e. The number of piperazine rings is 2. The average Bonchev–Trinajstić information content (AvgIpc) is 3.09. The molecule has 0 spiro atoms. The summed E-state index contributed by atoms with van der Waals surface area (Å²) in [6.45, 7) is 14.9. The van der Waals surface area contributed by atoms with E-state index in [1.54, 1.807) is 0 Å². The summed E-state index contributed by atoms with van der Waals surface area (Å²) in [4.78, 5) is 30.5. The zero-order valence-corrected chi connectivity index (χ0v) is 30.0. The average molecular weight is 683 g/mol. The maximum atomic E-state index is 13.1. The molecule has 2 heterocycles. The third kappa shape index (κ3) is 9.54. The van der Waals surface area contributed by atoms with E-state index in [2.05, 4.69) is 60.3 Å². The molecule has 0 aromatic carbocycles. The van der Waals surface area contributed by atoms with Gasteiger partial charge in [-0.2, -0.15) is 21.0 Å². The standard InChI is InChI=1S/C38H50N8O4/c1-37(2)19-27(29(23-39)33(21-37)45-13-9-43-10-14-45)31(25-41)35(47)49-17-7-5-6-8-18-50-36(48)32(26-42)28-20-38(3,4)22-34(30(28)24-40)46-15-11-44-12-16-46/h43-44H,5-22H2,1-4H3/b31-27+,32-28+. The number of hydrogen-bond acceptors (Lipinski definition) is 12. The number of carbonyl (C=O) groups excluding carboxylic acids is 2. The van der Waals surface area contributed by atoms with Crippen molar-refractivity contribution in [2.24, 2.45) is 10.8 Å². The van der Waals surface area contributed by atoms with E-state index < -0.39 is 11.9 Å². The van der Waals surface area contributed by atoms with Crippen LogP contribution in [-0.2, 0) is 19.1 Å². The summed E-state index contributed by atoms with van der Waals surface area (Å²) in [5, 5.41) is 46.8. The Bertz CT molecular complexity index is 1490. The second-order valence-corrected chi connectivity index (χ2v) is 15.0. The maximum absolute atomic E-state index is 13.1. The van der Waals surface area contributed by atoms with E-state index in [4.69, 9.17) is 9.47 Å². The summed E-state index contributed by atoms with van der Waals surface area (Å²) in [5.74, 6) is -1.43. The molecule has 2 aliphatic heterocycles. The fourth-order valence-electron chi connectivity index (χ4n) is 7.30. The van der Waals surface area contributed by atoms with Gasteiger partial charge < -0.3 is 29.9 Å². The third-order valence-electron chi connectivity index (χ3n) is 9.74. The number of nitrogens with one attached hydrogen (secondary N) is 2. The molecule has 0 aromatic rings. The highest BCUT2D eigenvalue weighted by Gasteiger charge is 2.38. The topological polar surface area (TPSA) is 178 Å². The first kappa shape index (κ1) is 38.2. The number of nitriles is 4. The molecule has 2 fully saturated rings. The molecule has 12 heteroatoms. The van der Waals surface area contributed by atoms with Gasteiger partial charge in [0.15, 0.2) is 0 Å². The van der Waals surface area contributed by atoms with Crippen LogP contribution in [0.15, 0.2) is 44.8 Å². The summed E-state index contributed by atoms with van der Waals surface area (Å²) in [6.07, 6.45) is 4.79. The number of unbranched alkanes of at least 4 members (excludes halogenated alkanes) is 3. The molecule has 0 aromatic heterocycles. The van der Waals surface area contributed by atoms with E-state index in [-0.39, 0.29) is 35.2 Å². The Labute approximate surface area is 296 Å². The van der Waals surface area contributed by atoms with Crippen LogP contribution in [0.5, 0.6) is 0 Å². The van der Waals surface area contributed by atoms with Crippen molar-refractivity contribution in [3.8, 4) is 24.3 Å². The van der Waals surface area contributed by atoms with Crippen LogP contribution in [0.2, 0.25) is 0 Å². The fourth-order valence-corrected chi connectivity index (χ4v) is 7.30. The van der Waals surface area contributed by atoms with Gasteiger partial charge in [-0.15, -0.1) is 0 Å². The van der Waals surface area contributed by atoms with Gasteiger partial charge in [0.1, 0.15) is 35.4 Å². The zero-order chi connectivity index (χ0) is 36.3. The minimum Gasteiger partial charge on any atom is -0.462 e. The van der Waals surface area contributed by atoms with Crippen molar-refractivity contribution in [3.05, 3.63) is 44.8 Å². The largest absolute Gasteiger partial charge is 0.462 e. The van der Waals surface area contributed by atoms with Gasteiger partial charge in [0.2, 0.25) is 0 Å². The van der Waals surface area contributed by atoms with Crippen molar-refractivity contribution in [2.45, 2.75) is 79.1 Å². The minimum absolute atomic E-state index is 0.105. The Morgan fingerprint density at radius 2 is 0.980 bits per heavy atom. The Hall–Kier alpha value is -4.62. The van der Waals surface area contributed by atoms with E-state index in [9.17, 15) is 30.6 Å². The van der Waals surface area contributed by atoms with Gasteiger partial charge >= 0.3 is 11.9 Å². The van der Waals surface area contributed by atoms with Crippen LogP contribution in [0.1, 0.15) is 79.1 Å². The highest BCUT2D eigenvalue weighted by Crippen LogP contribution is 2.45. The molecule has 0 unspecified atom stereocenters. The van der Waals surface area contributed by atoms with E-state index in [1.165, 1.54) is 0 Å². The van der Waals surface area contributed by atoms with Crippen molar-refractivity contribution in [2.75, 3.05) is 65.6 Å². The van der Waals surface area contributed by atoms with E-state index in [1.807, 2.05) is 12.1 Å². The number of esters is 2. The molecule has 4 aliphatic rings. The summed E-state index contributed by atoms with van der Waals surface area (Å²) in [5.41, 5.74) is 2.89. The van der Waals surface area contributed by atoms with E-state index >= 15 is 0 Å². The molecule has 50 heavy (non-hydrogen) atoms. The molecule has 4 rings (SSSR count). The minimum atomic E-state index is -0.713. The molecular formula is C38H50N8O4. The van der Waals surface area contributed by atoms with Gasteiger partial charge in [0, 0.05) is 63.8 Å². The number of rotatable bonds is 11. The second kappa shape index (κ2) is 17.3. The highest BCUT2D eigenvalue weighted by atomic mass is 16.5. The summed E-state index contributed by atoms with van der Waals surface area (Å²) < 4.78 is 11.0. The molecule has 2 N–H and O–H groups in total. The number of nitrogens with zero attached hydrogens (tertiary/aromatic N) is 6. The van der Waals surface area contributed by atoms with Crippen LogP contribution >= 0.6 is 0 Å². The molecule has 0 bridgehead atoms. The molecule has 266 valence electrons. The Kier molecular flexibility index (Phi) is 13.3. The van der Waals surface area contributed by atoms with Gasteiger partial charge in [-0.25, -0.2) is 9.59 Å². The SMILES string of the molecule is CC1(C)CC(N2CCNCC2)=C(C#N)/C(=C(\C#N)C(=O)OCCCCCCOC(=O)/C(C#N)=C2\CC(C)(C)CC(N3CCNCC3)=C2C#N)C1.